The number of H-pyrrole nitrogens is 1. The van der Waals surface area contributed by atoms with Crippen LogP contribution in [0.1, 0.15) is 27.0 Å². The highest BCUT2D eigenvalue weighted by Gasteiger charge is 2.55. The molecular formula is C18H20N4O9S. The van der Waals surface area contributed by atoms with E-state index in [0.717, 1.165) is 27.9 Å². The van der Waals surface area contributed by atoms with Crippen molar-refractivity contribution in [2.45, 2.75) is 51.4 Å². The number of imidazole rings is 1. The van der Waals surface area contributed by atoms with Crippen molar-refractivity contribution in [3.8, 4) is 0 Å². The molecule has 5 atom stereocenters. The Hall–Kier alpha value is -3.39. The number of methoxy groups -OCH3 is 1. The van der Waals surface area contributed by atoms with Gasteiger partial charge in [0.15, 0.2) is 35.3 Å². The number of hydrogen-bond acceptors (Lipinski definition) is 12. The van der Waals surface area contributed by atoms with Crippen molar-refractivity contribution in [1.82, 2.24) is 19.5 Å². The average Bonchev–Trinajstić information content (AvgIpc) is 3.14. The fourth-order valence-electron chi connectivity index (χ4n) is 3.39. The topological polar surface area (TPSA) is 161 Å². The van der Waals surface area contributed by atoms with Gasteiger partial charge in [0.25, 0.3) is 0 Å². The predicted molar refractivity (Wildman–Crippen MR) is 105 cm³/mol. The Morgan fingerprint density at radius 2 is 1.59 bits per heavy atom. The standard InChI is InChI=1S/C18H20N4O9S/c1-7(23)28-11-12(29-8(2)24)14(18(26)27-4)31-17(13(11)30-9(3)25)22-6-21-10-15(22)19-5-20-16(10)32/h5-6,11-14,17H,1-4H3,(H,19,20,32). The molecule has 2 aromatic rings. The summed E-state index contributed by atoms with van der Waals surface area (Å²) in [7, 11) is 1.11. The Kier molecular flexibility index (Phi) is 6.84. The van der Waals surface area contributed by atoms with Gasteiger partial charge in [-0.2, -0.15) is 0 Å². The molecule has 3 rings (SSSR count). The molecule has 1 saturated heterocycles. The number of fused-ring (bicyclic) bond motifs is 1. The highest BCUT2D eigenvalue weighted by atomic mass is 32.1. The lowest BCUT2D eigenvalue weighted by Crippen LogP contribution is -2.61. The summed E-state index contributed by atoms with van der Waals surface area (Å²) in [5, 5.41) is 0. The molecule has 14 heteroatoms. The SMILES string of the molecule is COC(=O)C1OC(n2cnc3c(=S)nc[nH]c32)C(OC(C)=O)C(OC(C)=O)C1OC(C)=O. The maximum absolute atomic E-state index is 12.5. The van der Waals surface area contributed by atoms with Gasteiger partial charge in [0.05, 0.1) is 19.8 Å². The summed E-state index contributed by atoms with van der Waals surface area (Å²) in [5.74, 6) is -3.20. The van der Waals surface area contributed by atoms with Crippen LogP contribution in [0.5, 0.6) is 0 Å². The first-order valence-electron chi connectivity index (χ1n) is 9.29. The van der Waals surface area contributed by atoms with Gasteiger partial charge >= 0.3 is 23.9 Å². The van der Waals surface area contributed by atoms with E-state index in [9.17, 15) is 19.2 Å². The Balaban J connectivity index is 2.19. The summed E-state index contributed by atoms with van der Waals surface area (Å²) in [5.41, 5.74) is 0.650. The molecule has 1 N–H and O–H groups in total. The zero-order valence-corrected chi connectivity index (χ0v) is 18.3. The number of carbonyl (C=O) groups is 4. The smallest absolute Gasteiger partial charge is 0.339 e. The first-order chi connectivity index (χ1) is 15.1. The Labute approximate surface area is 186 Å². The van der Waals surface area contributed by atoms with Crippen LogP contribution in [0.4, 0.5) is 0 Å². The highest BCUT2D eigenvalue weighted by molar-refractivity contribution is 7.71. The van der Waals surface area contributed by atoms with Crippen LogP contribution in [0.2, 0.25) is 0 Å². The van der Waals surface area contributed by atoms with Gasteiger partial charge in [0, 0.05) is 20.8 Å². The summed E-state index contributed by atoms with van der Waals surface area (Å²) in [4.78, 5) is 59.0. The summed E-state index contributed by atoms with van der Waals surface area (Å²) in [6.45, 7) is 3.35. The van der Waals surface area contributed by atoms with E-state index < -0.39 is 54.5 Å². The molecule has 0 aromatic carbocycles. The second kappa shape index (κ2) is 9.40. The minimum atomic E-state index is -1.52. The number of nitrogens with zero attached hydrogens (tertiary/aromatic N) is 3. The summed E-state index contributed by atoms with van der Waals surface area (Å²) < 4.78 is 28.3. The largest absolute Gasteiger partial charge is 0.467 e. The van der Waals surface area contributed by atoms with E-state index >= 15 is 0 Å². The molecule has 32 heavy (non-hydrogen) atoms. The summed E-state index contributed by atoms with van der Waals surface area (Å²) in [6.07, 6.45) is -4.33. The number of aromatic amines is 1. The number of ether oxygens (including phenoxy) is 5. The van der Waals surface area contributed by atoms with Gasteiger partial charge in [-0.15, -0.1) is 0 Å². The fourth-order valence-corrected chi connectivity index (χ4v) is 3.59. The molecule has 1 aliphatic rings. The van der Waals surface area contributed by atoms with Gasteiger partial charge in [0.2, 0.25) is 0 Å². The van der Waals surface area contributed by atoms with E-state index in [1.165, 1.54) is 17.2 Å². The third-order valence-corrected chi connectivity index (χ3v) is 4.81. The van der Waals surface area contributed by atoms with Crippen molar-refractivity contribution in [2.75, 3.05) is 7.11 Å². The maximum atomic E-state index is 12.5. The maximum Gasteiger partial charge on any atom is 0.339 e. The quantitative estimate of drug-likeness (QED) is 0.365. The molecule has 1 fully saturated rings. The third kappa shape index (κ3) is 4.60. The first kappa shape index (κ1) is 23.3. The zero-order valence-electron chi connectivity index (χ0n) is 17.5. The van der Waals surface area contributed by atoms with Gasteiger partial charge in [-0.25, -0.2) is 14.8 Å². The van der Waals surface area contributed by atoms with Crippen molar-refractivity contribution in [2.24, 2.45) is 0 Å². The van der Waals surface area contributed by atoms with Crippen LogP contribution < -0.4 is 0 Å². The first-order valence-corrected chi connectivity index (χ1v) is 9.70. The van der Waals surface area contributed by atoms with E-state index in [-0.39, 0.29) is 4.64 Å². The number of rotatable bonds is 5. The molecule has 0 saturated carbocycles. The van der Waals surface area contributed by atoms with Crippen LogP contribution in [0, 0.1) is 4.64 Å². The molecule has 0 bridgehead atoms. The lowest BCUT2D eigenvalue weighted by atomic mass is 9.96. The van der Waals surface area contributed by atoms with E-state index in [2.05, 4.69) is 15.0 Å². The molecule has 172 valence electrons. The molecule has 0 spiro atoms. The number of hydrogen-bond donors (Lipinski definition) is 1. The van der Waals surface area contributed by atoms with Crippen LogP contribution in [0.15, 0.2) is 12.7 Å². The molecule has 1 aliphatic heterocycles. The second-order valence-electron chi connectivity index (χ2n) is 6.75. The van der Waals surface area contributed by atoms with Gasteiger partial charge in [-0.05, 0) is 0 Å². The lowest BCUT2D eigenvalue weighted by molar-refractivity contribution is -0.262. The van der Waals surface area contributed by atoms with Crippen molar-refractivity contribution in [3.63, 3.8) is 0 Å². The second-order valence-corrected chi connectivity index (χ2v) is 7.14. The normalized spacial score (nSPS) is 25.1. The van der Waals surface area contributed by atoms with E-state index in [1.807, 2.05) is 0 Å². The summed E-state index contributed by atoms with van der Waals surface area (Å²) in [6, 6.07) is 0. The van der Waals surface area contributed by atoms with Crippen LogP contribution in [0.3, 0.4) is 0 Å². The Bertz CT molecular complexity index is 1110. The van der Waals surface area contributed by atoms with Gasteiger partial charge in [-0.1, -0.05) is 12.2 Å². The summed E-state index contributed by atoms with van der Waals surface area (Å²) >= 11 is 5.16. The molecule has 0 radical (unpaired) electrons. The Morgan fingerprint density at radius 3 is 2.19 bits per heavy atom. The van der Waals surface area contributed by atoms with E-state index in [4.69, 9.17) is 35.9 Å². The molecule has 3 heterocycles. The Morgan fingerprint density at radius 1 is 1.00 bits per heavy atom. The van der Waals surface area contributed by atoms with Gasteiger partial charge < -0.3 is 28.7 Å². The third-order valence-electron chi connectivity index (χ3n) is 4.51. The van der Waals surface area contributed by atoms with Crippen molar-refractivity contribution in [3.05, 3.63) is 17.3 Å². The molecule has 13 nitrogen and oxygen atoms in total. The van der Waals surface area contributed by atoms with Crippen LogP contribution in [-0.4, -0.2) is 74.9 Å². The average molecular weight is 468 g/mol. The predicted octanol–water partition coefficient (Wildman–Crippen LogP) is 0.354. The number of nitrogens with one attached hydrogen (secondary N) is 1. The lowest BCUT2D eigenvalue weighted by Gasteiger charge is -2.43. The van der Waals surface area contributed by atoms with Crippen molar-refractivity contribution < 1.29 is 42.9 Å². The molecule has 0 aliphatic carbocycles. The van der Waals surface area contributed by atoms with E-state index in [1.54, 1.807) is 0 Å². The van der Waals surface area contributed by atoms with Gasteiger partial charge in [-0.3, -0.25) is 19.0 Å². The van der Waals surface area contributed by atoms with Crippen LogP contribution in [-0.2, 0) is 42.9 Å². The van der Waals surface area contributed by atoms with E-state index in [0.29, 0.717) is 11.2 Å². The highest BCUT2D eigenvalue weighted by Crippen LogP contribution is 2.36. The monoisotopic (exact) mass is 468 g/mol. The number of aromatic nitrogens is 4. The molecule has 5 unspecified atom stereocenters. The molecule has 0 amide bonds. The minimum Gasteiger partial charge on any atom is -0.467 e. The molecular weight excluding hydrogens is 448 g/mol. The number of esters is 4. The zero-order chi connectivity index (χ0) is 23.6. The van der Waals surface area contributed by atoms with Crippen LogP contribution >= 0.6 is 12.2 Å². The molecule has 2 aromatic heterocycles. The minimum absolute atomic E-state index is 0.191. The van der Waals surface area contributed by atoms with Crippen molar-refractivity contribution >= 4 is 47.3 Å². The van der Waals surface area contributed by atoms with Crippen LogP contribution in [0.25, 0.3) is 11.2 Å². The van der Waals surface area contributed by atoms with Gasteiger partial charge in [0.1, 0.15) is 11.2 Å². The van der Waals surface area contributed by atoms with Crippen molar-refractivity contribution in [1.29, 1.82) is 0 Å². The fraction of sp³-hybridized carbons (Fsp3) is 0.500. The number of carbonyl (C=O) groups excluding carboxylic acids is 4.